The van der Waals surface area contributed by atoms with Crippen molar-refractivity contribution in [3.63, 3.8) is 0 Å². The lowest BCUT2D eigenvalue weighted by atomic mass is 9.65. The summed E-state index contributed by atoms with van der Waals surface area (Å²) in [5.74, 6) is 0.417. The molecule has 218 valence electrons. The highest BCUT2D eigenvalue weighted by molar-refractivity contribution is 6.07. The van der Waals surface area contributed by atoms with Crippen LogP contribution in [-0.4, -0.2) is 59.4 Å². The highest BCUT2D eigenvalue weighted by atomic mass is 16.3. The van der Waals surface area contributed by atoms with Crippen LogP contribution in [0.15, 0.2) is 102 Å². The Morgan fingerprint density at radius 1 is 1.05 bits per heavy atom. The highest BCUT2D eigenvalue weighted by Crippen LogP contribution is 2.56. The molecule has 2 aromatic carbocycles. The number of allylic oxidation sites excluding steroid dienone is 2. The summed E-state index contributed by atoms with van der Waals surface area (Å²) in [6.45, 7) is 5.77. The van der Waals surface area contributed by atoms with Crippen LogP contribution < -0.4 is 10.2 Å². The molecule has 0 radical (unpaired) electrons. The Hall–Kier alpha value is -3.65. The molecule has 0 amide bonds. The molecule has 6 rings (SSSR count). The normalized spacial score (nSPS) is 26.9. The van der Waals surface area contributed by atoms with E-state index in [-0.39, 0.29) is 17.4 Å². The molecule has 2 heterocycles. The van der Waals surface area contributed by atoms with Crippen LogP contribution in [0, 0.1) is 22.7 Å². The molecule has 7 heteroatoms. The largest absolute Gasteiger partial charge is 0.369 e. The quantitative estimate of drug-likeness (QED) is 0.220. The third-order valence-electron chi connectivity index (χ3n) is 9.70. The van der Waals surface area contributed by atoms with Crippen molar-refractivity contribution in [3.8, 4) is 0 Å². The van der Waals surface area contributed by atoms with Crippen LogP contribution in [0.3, 0.4) is 0 Å². The molecule has 1 saturated heterocycles. The van der Waals surface area contributed by atoms with Crippen LogP contribution in [-0.2, 0) is 0 Å². The third kappa shape index (κ3) is 6.09. The molecule has 42 heavy (non-hydrogen) atoms. The third-order valence-corrected chi connectivity index (χ3v) is 9.70. The molecule has 3 aliphatic rings. The maximum absolute atomic E-state index is 11.4. The van der Waals surface area contributed by atoms with Crippen LogP contribution in [0.5, 0.6) is 0 Å². The smallest absolute Gasteiger partial charge is 0.163 e. The summed E-state index contributed by atoms with van der Waals surface area (Å²) in [4.78, 5) is 13.6. The molecule has 0 bridgehead atoms. The zero-order chi connectivity index (χ0) is 28.9. The Morgan fingerprint density at radius 2 is 1.79 bits per heavy atom. The lowest BCUT2D eigenvalue weighted by molar-refractivity contribution is -0.0363. The molecule has 3 aromatic rings. The summed E-state index contributed by atoms with van der Waals surface area (Å²) in [7, 11) is 0. The summed E-state index contributed by atoms with van der Waals surface area (Å²) in [5, 5.41) is 23.3. The molecule has 0 spiro atoms. The number of hydrogen-bond acceptors (Lipinski definition) is 7. The Morgan fingerprint density at radius 3 is 2.48 bits per heavy atom. The van der Waals surface area contributed by atoms with Crippen molar-refractivity contribution in [2.24, 2.45) is 22.2 Å². The SMILES string of the molecule is CC12CC(C=N)C(=Nc3cccnc3)C=C1CCC2CC(NC(O)N1CCN(c2ccccc2)CC1)c1ccccc1. The van der Waals surface area contributed by atoms with Gasteiger partial charge in [-0.05, 0) is 72.9 Å². The van der Waals surface area contributed by atoms with E-state index < -0.39 is 6.35 Å². The van der Waals surface area contributed by atoms with Crippen molar-refractivity contribution in [2.75, 3.05) is 31.1 Å². The Balaban J connectivity index is 1.17. The van der Waals surface area contributed by atoms with Gasteiger partial charge in [-0.2, -0.15) is 0 Å². The molecule has 3 N–H and O–H groups in total. The number of para-hydroxylation sites is 1. The second kappa shape index (κ2) is 12.7. The molecule has 5 atom stereocenters. The van der Waals surface area contributed by atoms with Gasteiger partial charge in [-0.3, -0.25) is 20.2 Å². The first-order valence-electron chi connectivity index (χ1n) is 15.3. The minimum absolute atomic E-state index is 0.00283. The molecule has 1 aliphatic heterocycles. The van der Waals surface area contributed by atoms with Crippen molar-refractivity contribution in [1.29, 1.82) is 5.41 Å². The van der Waals surface area contributed by atoms with Crippen molar-refractivity contribution in [1.82, 2.24) is 15.2 Å². The summed E-state index contributed by atoms with van der Waals surface area (Å²) in [6.07, 6.45) is 10.6. The number of aliphatic hydroxyl groups is 1. The van der Waals surface area contributed by atoms with Crippen LogP contribution >= 0.6 is 0 Å². The molecule has 1 aromatic heterocycles. The minimum Gasteiger partial charge on any atom is -0.369 e. The van der Waals surface area contributed by atoms with Crippen LogP contribution in [0.4, 0.5) is 11.4 Å². The minimum atomic E-state index is -0.712. The van der Waals surface area contributed by atoms with E-state index in [1.165, 1.54) is 16.8 Å². The Kier molecular flexibility index (Phi) is 8.60. The fraction of sp³-hybridized carbons (Fsp3) is 0.400. The molecule has 2 fully saturated rings. The summed E-state index contributed by atoms with van der Waals surface area (Å²) in [5.41, 5.74) is 5.69. The Labute approximate surface area is 249 Å². The first-order valence-corrected chi connectivity index (χ1v) is 15.3. The van der Waals surface area contributed by atoms with Crippen molar-refractivity contribution in [2.45, 2.75) is 45.0 Å². The highest BCUT2D eigenvalue weighted by Gasteiger charge is 2.47. The number of hydrogen-bond donors (Lipinski definition) is 3. The van der Waals surface area contributed by atoms with Gasteiger partial charge in [0.15, 0.2) is 6.35 Å². The Bertz CT molecular complexity index is 1390. The second-order valence-corrected chi connectivity index (χ2v) is 12.1. The van der Waals surface area contributed by atoms with E-state index in [0.717, 1.165) is 63.3 Å². The molecule has 2 aliphatic carbocycles. The number of aromatic nitrogens is 1. The van der Waals surface area contributed by atoms with Crippen molar-refractivity contribution >= 4 is 23.3 Å². The topological polar surface area (TPSA) is 87.8 Å². The lowest BCUT2D eigenvalue weighted by Gasteiger charge is -2.42. The number of anilines is 1. The number of rotatable bonds is 9. The van der Waals surface area contributed by atoms with Gasteiger partial charge >= 0.3 is 0 Å². The van der Waals surface area contributed by atoms with E-state index in [0.29, 0.717) is 5.92 Å². The zero-order valence-electron chi connectivity index (χ0n) is 24.4. The fourth-order valence-electron chi connectivity index (χ4n) is 7.20. The van der Waals surface area contributed by atoms with E-state index >= 15 is 0 Å². The van der Waals surface area contributed by atoms with Gasteiger partial charge in [0.25, 0.3) is 0 Å². The summed E-state index contributed by atoms with van der Waals surface area (Å²) in [6, 6.07) is 25.0. The van der Waals surface area contributed by atoms with Gasteiger partial charge in [0.1, 0.15) is 0 Å². The predicted molar refractivity (Wildman–Crippen MR) is 170 cm³/mol. The van der Waals surface area contributed by atoms with E-state index in [1.54, 1.807) is 18.6 Å². The number of fused-ring (bicyclic) bond motifs is 1. The number of aliphatic hydroxyl groups excluding tert-OH is 1. The van der Waals surface area contributed by atoms with Crippen LogP contribution in [0.1, 0.15) is 44.2 Å². The number of pyridine rings is 1. The number of piperazine rings is 1. The number of nitrogens with one attached hydrogen (secondary N) is 2. The number of benzene rings is 2. The summed E-state index contributed by atoms with van der Waals surface area (Å²) < 4.78 is 0. The first kappa shape index (κ1) is 28.5. The van der Waals surface area contributed by atoms with E-state index in [9.17, 15) is 5.11 Å². The number of aliphatic imine (C=N–C) groups is 1. The van der Waals surface area contributed by atoms with Gasteiger partial charge in [0.2, 0.25) is 0 Å². The molecule has 1 saturated carbocycles. The average molecular weight is 563 g/mol. The fourth-order valence-corrected chi connectivity index (χ4v) is 7.20. The maximum atomic E-state index is 11.4. The van der Waals surface area contributed by atoms with Gasteiger partial charge in [-0.25, -0.2) is 0 Å². The average Bonchev–Trinajstić information content (AvgIpc) is 3.36. The lowest BCUT2D eigenvalue weighted by Crippen LogP contribution is -2.55. The number of nitrogens with zero attached hydrogens (tertiary/aromatic N) is 4. The standard InChI is InChI=1S/C35H42N6O/c1-35-23-27(24-36)33(38-30-11-8-16-37-25-30)22-29(35)15-14-28(35)21-32(26-9-4-2-5-10-26)39-34(42)41-19-17-40(18-20-41)31-12-6-3-7-13-31/h2-13,16,22,24-25,27-28,32,34,36,39,42H,14-15,17-21,23H2,1H3. The molecular weight excluding hydrogens is 520 g/mol. The van der Waals surface area contributed by atoms with Crippen molar-refractivity contribution in [3.05, 3.63) is 102 Å². The van der Waals surface area contributed by atoms with Crippen molar-refractivity contribution < 1.29 is 5.11 Å². The van der Waals surface area contributed by atoms with Gasteiger partial charge in [0.05, 0.1) is 11.9 Å². The van der Waals surface area contributed by atoms with Crippen LogP contribution in [0.25, 0.3) is 0 Å². The van der Waals surface area contributed by atoms with E-state index in [2.05, 4.69) is 87.7 Å². The summed E-state index contributed by atoms with van der Waals surface area (Å²) >= 11 is 0. The van der Waals surface area contributed by atoms with Gasteiger partial charge in [0, 0.05) is 61.9 Å². The predicted octanol–water partition coefficient (Wildman–Crippen LogP) is 5.99. The van der Waals surface area contributed by atoms with Gasteiger partial charge in [-0.1, -0.05) is 61.0 Å². The molecule has 7 nitrogen and oxygen atoms in total. The van der Waals surface area contributed by atoms with Crippen LogP contribution in [0.2, 0.25) is 0 Å². The van der Waals surface area contributed by atoms with Gasteiger partial charge < -0.3 is 15.4 Å². The first-order chi connectivity index (χ1) is 20.5. The molecular formula is C35H42N6O. The molecule has 5 unspecified atom stereocenters. The maximum Gasteiger partial charge on any atom is 0.163 e. The van der Waals surface area contributed by atoms with Gasteiger partial charge in [-0.15, -0.1) is 0 Å². The second-order valence-electron chi connectivity index (χ2n) is 12.1. The monoisotopic (exact) mass is 562 g/mol. The zero-order valence-corrected chi connectivity index (χ0v) is 24.4. The van der Waals surface area contributed by atoms with E-state index in [1.807, 2.05) is 18.2 Å². The van der Waals surface area contributed by atoms with E-state index in [4.69, 9.17) is 10.4 Å².